The minimum atomic E-state index is -0.592. The molecule has 5 heteroatoms. The van der Waals surface area contributed by atoms with Crippen molar-refractivity contribution in [1.82, 2.24) is 15.0 Å². The number of H-pyrrole nitrogens is 1. The number of aromatic nitrogens is 3. The number of aromatic amines is 1. The van der Waals surface area contributed by atoms with E-state index < -0.39 is 5.95 Å². The maximum absolute atomic E-state index is 12.9. The van der Waals surface area contributed by atoms with Gasteiger partial charge in [-0.3, -0.25) is 4.79 Å². The van der Waals surface area contributed by atoms with Crippen molar-refractivity contribution in [3.8, 4) is 0 Å². The van der Waals surface area contributed by atoms with E-state index in [0.717, 1.165) is 0 Å². The molecule has 0 atom stereocenters. The molecule has 0 spiro atoms. The highest BCUT2D eigenvalue weighted by Gasteiger charge is 2.05. The summed E-state index contributed by atoms with van der Waals surface area (Å²) in [6, 6.07) is 1.43. The summed E-state index contributed by atoms with van der Waals surface area (Å²) in [6.45, 7) is 1.55. The van der Waals surface area contributed by atoms with Gasteiger partial charge in [-0.25, -0.2) is 4.98 Å². The number of rotatable bonds is 0. The van der Waals surface area contributed by atoms with Gasteiger partial charge in [0.05, 0.1) is 11.7 Å². The van der Waals surface area contributed by atoms with Crippen LogP contribution in [0.3, 0.4) is 0 Å². The maximum atomic E-state index is 12.9. The van der Waals surface area contributed by atoms with Crippen LogP contribution in [0.4, 0.5) is 4.39 Å². The maximum Gasteiger partial charge on any atom is 0.260 e. The third-order valence-corrected chi connectivity index (χ3v) is 1.76. The summed E-state index contributed by atoms with van der Waals surface area (Å²) in [5, 5.41) is 0.307. The molecular formula is C8H6FN3O. The first-order valence-corrected chi connectivity index (χ1v) is 3.69. The zero-order valence-electron chi connectivity index (χ0n) is 6.84. The van der Waals surface area contributed by atoms with Gasteiger partial charge in [-0.15, -0.1) is 0 Å². The molecule has 1 N–H and O–H groups in total. The average Bonchev–Trinajstić information content (AvgIpc) is 2.09. The zero-order chi connectivity index (χ0) is 9.42. The predicted molar refractivity (Wildman–Crippen MR) is 44.9 cm³/mol. The second kappa shape index (κ2) is 2.62. The topological polar surface area (TPSA) is 58.6 Å². The van der Waals surface area contributed by atoms with E-state index in [1.54, 1.807) is 6.92 Å². The number of pyridine rings is 1. The molecule has 2 heterocycles. The number of hydrogen-bond acceptors (Lipinski definition) is 3. The Balaban J connectivity index is 2.97. The lowest BCUT2D eigenvalue weighted by molar-refractivity contribution is 0.578. The number of halogens is 1. The Morgan fingerprint density at radius 2 is 2.31 bits per heavy atom. The second-order valence-corrected chi connectivity index (χ2v) is 2.70. The van der Waals surface area contributed by atoms with E-state index in [1.165, 1.54) is 12.4 Å². The lowest BCUT2D eigenvalue weighted by atomic mass is 10.2. The highest BCUT2D eigenvalue weighted by atomic mass is 19.1. The van der Waals surface area contributed by atoms with Crippen LogP contribution >= 0.6 is 0 Å². The van der Waals surface area contributed by atoms with Gasteiger partial charge in [-0.05, 0) is 13.0 Å². The molecule has 2 aromatic rings. The predicted octanol–water partition coefficient (Wildman–Crippen LogP) is 0.766. The van der Waals surface area contributed by atoms with Gasteiger partial charge in [0.15, 0.2) is 5.65 Å². The Morgan fingerprint density at radius 3 is 3.08 bits per heavy atom. The minimum absolute atomic E-state index is 0.131. The fourth-order valence-corrected chi connectivity index (χ4v) is 1.08. The number of hydrogen-bond donors (Lipinski definition) is 1. The van der Waals surface area contributed by atoms with Gasteiger partial charge in [-0.1, -0.05) is 0 Å². The quantitative estimate of drug-likeness (QED) is 0.607. The summed E-state index contributed by atoms with van der Waals surface area (Å²) in [5.41, 5.74) is 0.165. The number of fused-ring (bicyclic) bond motifs is 1. The van der Waals surface area contributed by atoms with Gasteiger partial charge in [0, 0.05) is 5.56 Å². The van der Waals surface area contributed by atoms with Crippen LogP contribution in [0.2, 0.25) is 0 Å². The summed E-state index contributed by atoms with van der Waals surface area (Å²) < 4.78 is 12.9. The number of nitrogens with zero attached hydrogens (tertiary/aromatic N) is 2. The summed E-state index contributed by atoms with van der Waals surface area (Å²) in [5.74, 6) is -0.592. The van der Waals surface area contributed by atoms with Crippen LogP contribution in [0.25, 0.3) is 11.0 Å². The molecule has 0 amide bonds. The van der Waals surface area contributed by atoms with Crippen molar-refractivity contribution in [2.45, 2.75) is 6.92 Å². The highest BCUT2D eigenvalue weighted by Crippen LogP contribution is 2.08. The fourth-order valence-electron chi connectivity index (χ4n) is 1.08. The first-order valence-electron chi connectivity index (χ1n) is 3.69. The van der Waals surface area contributed by atoms with Crippen molar-refractivity contribution in [3.05, 3.63) is 34.3 Å². The normalized spacial score (nSPS) is 10.6. The number of aryl methyl sites for hydroxylation is 1. The van der Waals surface area contributed by atoms with E-state index in [0.29, 0.717) is 10.9 Å². The van der Waals surface area contributed by atoms with Crippen molar-refractivity contribution in [2.24, 2.45) is 0 Å². The van der Waals surface area contributed by atoms with Crippen molar-refractivity contribution in [3.63, 3.8) is 0 Å². The van der Waals surface area contributed by atoms with Crippen molar-refractivity contribution in [1.29, 1.82) is 0 Å². The first-order chi connectivity index (χ1) is 6.18. The zero-order valence-corrected chi connectivity index (χ0v) is 6.84. The van der Waals surface area contributed by atoms with Gasteiger partial charge in [0.2, 0.25) is 5.95 Å². The van der Waals surface area contributed by atoms with E-state index in [9.17, 15) is 9.18 Å². The molecule has 0 saturated carbocycles. The van der Waals surface area contributed by atoms with Crippen LogP contribution < -0.4 is 5.56 Å². The molecule has 0 aliphatic heterocycles. The molecule has 0 radical (unpaired) electrons. The van der Waals surface area contributed by atoms with Crippen molar-refractivity contribution in [2.75, 3.05) is 0 Å². The van der Waals surface area contributed by atoms with E-state index in [-0.39, 0.29) is 11.2 Å². The van der Waals surface area contributed by atoms with Gasteiger partial charge < -0.3 is 4.98 Å². The third-order valence-electron chi connectivity index (χ3n) is 1.76. The van der Waals surface area contributed by atoms with Gasteiger partial charge in [-0.2, -0.15) is 9.37 Å². The van der Waals surface area contributed by atoms with Crippen molar-refractivity contribution < 1.29 is 4.39 Å². The monoisotopic (exact) mass is 179 g/mol. The van der Waals surface area contributed by atoms with E-state index in [4.69, 9.17) is 0 Å². The number of nitrogens with one attached hydrogen (secondary N) is 1. The molecule has 2 aromatic heterocycles. The summed E-state index contributed by atoms with van der Waals surface area (Å²) in [4.78, 5) is 20.9. The Hall–Kier alpha value is -1.78. The van der Waals surface area contributed by atoms with Gasteiger partial charge in [0.25, 0.3) is 5.56 Å². The van der Waals surface area contributed by atoms with E-state index in [1.807, 2.05) is 0 Å². The van der Waals surface area contributed by atoms with Crippen molar-refractivity contribution >= 4 is 11.0 Å². The lowest BCUT2D eigenvalue weighted by Crippen LogP contribution is -2.08. The Labute approximate surface area is 72.5 Å². The summed E-state index contributed by atoms with van der Waals surface area (Å²) in [7, 11) is 0. The molecule has 0 aliphatic rings. The molecule has 2 rings (SSSR count). The van der Waals surface area contributed by atoms with Gasteiger partial charge in [0.1, 0.15) is 0 Å². The van der Waals surface area contributed by atoms with E-state index >= 15 is 0 Å². The third kappa shape index (κ3) is 1.18. The minimum Gasteiger partial charge on any atom is -0.313 e. The molecule has 0 saturated heterocycles. The molecule has 0 unspecified atom stereocenters. The molecule has 0 bridgehead atoms. The standard InChI is InChI=1S/C8H6FN3O/c1-4-2-5-7(12-6(4)9)10-3-11-8(5)13/h2-3H,1H3,(H,10,11,12,13). The van der Waals surface area contributed by atoms with Crippen LogP contribution in [-0.4, -0.2) is 15.0 Å². The first kappa shape index (κ1) is 7.85. The SMILES string of the molecule is Cc1cc2c(=O)[nH]cnc2nc1F. The van der Waals surface area contributed by atoms with Crippen LogP contribution in [0, 0.1) is 12.9 Å². The summed E-state index contributed by atoms with van der Waals surface area (Å²) in [6.07, 6.45) is 1.20. The molecule has 13 heavy (non-hydrogen) atoms. The van der Waals surface area contributed by atoms with Crippen LogP contribution in [0.1, 0.15) is 5.56 Å². The Bertz CT molecular complexity index is 520. The molecule has 0 fully saturated rings. The average molecular weight is 179 g/mol. The molecular weight excluding hydrogens is 173 g/mol. The Kier molecular flexibility index (Phi) is 1.58. The second-order valence-electron chi connectivity index (χ2n) is 2.70. The van der Waals surface area contributed by atoms with Gasteiger partial charge >= 0.3 is 0 Å². The largest absolute Gasteiger partial charge is 0.313 e. The Morgan fingerprint density at radius 1 is 1.54 bits per heavy atom. The molecule has 4 nitrogen and oxygen atoms in total. The van der Waals surface area contributed by atoms with Crippen LogP contribution in [0.15, 0.2) is 17.2 Å². The highest BCUT2D eigenvalue weighted by molar-refractivity contribution is 5.73. The van der Waals surface area contributed by atoms with Crippen LogP contribution in [-0.2, 0) is 0 Å². The van der Waals surface area contributed by atoms with E-state index in [2.05, 4.69) is 15.0 Å². The molecule has 0 aliphatic carbocycles. The fraction of sp³-hybridized carbons (Fsp3) is 0.125. The molecule has 66 valence electrons. The summed E-state index contributed by atoms with van der Waals surface area (Å²) >= 11 is 0. The lowest BCUT2D eigenvalue weighted by Gasteiger charge is -1.97. The van der Waals surface area contributed by atoms with Crippen LogP contribution in [0.5, 0.6) is 0 Å². The molecule has 0 aromatic carbocycles. The smallest absolute Gasteiger partial charge is 0.260 e.